The van der Waals surface area contributed by atoms with Crippen molar-refractivity contribution in [2.45, 2.75) is 45.7 Å². The highest BCUT2D eigenvalue weighted by molar-refractivity contribution is 5.87. The maximum atomic E-state index is 13.0. The van der Waals surface area contributed by atoms with E-state index in [1.807, 2.05) is 24.3 Å². The molecule has 1 atom stereocenters. The summed E-state index contributed by atoms with van der Waals surface area (Å²) in [5, 5.41) is 2.64. The fourth-order valence-electron chi connectivity index (χ4n) is 3.10. The molecule has 0 aliphatic heterocycles. The Morgan fingerprint density at radius 3 is 2.36 bits per heavy atom. The number of amides is 2. The zero-order chi connectivity index (χ0) is 20.5. The number of rotatable bonds is 9. The second-order valence-corrected chi connectivity index (χ2v) is 6.83. The van der Waals surface area contributed by atoms with E-state index in [2.05, 4.69) is 36.5 Å². The van der Waals surface area contributed by atoms with E-state index >= 15 is 0 Å². The number of nitrogens with one attached hydrogen (secondary N) is 1. The fourth-order valence-corrected chi connectivity index (χ4v) is 3.10. The van der Waals surface area contributed by atoms with E-state index < -0.39 is 6.04 Å². The van der Waals surface area contributed by atoms with Crippen LogP contribution in [0.25, 0.3) is 0 Å². The fraction of sp³-hybridized carbons (Fsp3) is 0.391. The van der Waals surface area contributed by atoms with Crippen molar-refractivity contribution >= 4 is 11.8 Å². The predicted molar refractivity (Wildman–Crippen MR) is 111 cm³/mol. The first-order valence-corrected chi connectivity index (χ1v) is 9.70. The van der Waals surface area contributed by atoms with Gasteiger partial charge in [0.05, 0.1) is 7.11 Å². The van der Waals surface area contributed by atoms with Crippen LogP contribution in [0, 0.1) is 0 Å². The molecule has 0 spiro atoms. The lowest BCUT2D eigenvalue weighted by atomic mass is 10.0. The molecule has 2 rings (SSSR count). The third kappa shape index (κ3) is 5.84. The minimum Gasteiger partial charge on any atom is -0.497 e. The smallest absolute Gasteiger partial charge is 0.242 e. The molecule has 0 saturated carbocycles. The summed E-state index contributed by atoms with van der Waals surface area (Å²) in [6, 6.07) is 15.4. The van der Waals surface area contributed by atoms with Crippen molar-refractivity contribution in [1.82, 2.24) is 10.2 Å². The van der Waals surface area contributed by atoms with E-state index in [4.69, 9.17) is 4.74 Å². The molecular formula is C23H30N2O3. The topological polar surface area (TPSA) is 58.6 Å². The number of benzene rings is 2. The second-order valence-electron chi connectivity index (χ2n) is 6.83. The zero-order valence-electron chi connectivity index (χ0n) is 17.2. The number of hydrogen-bond acceptors (Lipinski definition) is 3. The summed E-state index contributed by atoms with van der Waals surface area (Å²) < 4.78 is 5.27. The van der Waals surface area contributed by atoms with Crippen LogP contribution in [-0.2, 0) is 29.0 Å². The van der Waals surface area contributed by atoms with Gasteiger partial charge in [-0.1, -0.05) is 43.3 Å². The molecule has 0 aliphatic carbocycles. The lowest BCUT2D eigenvalue weighted by molar-refractivity contribution is -0.140. The van der Waals surface area contributed by atoms with Crippen LogP contribution in [-0.4, -0.2) is 36.9 Å². The molecule has 0 unspecified atom stereocenters. The standard InChI is InChI=1S/C23H30N2O3/c1-5-18-9-11-19(12-10-18)13-14-22(26)25(17(2)23(27)24-3)16-20-7-6-8-21(15-20)28-4/h6-12,15,17H,5,13-14,16H2,1-4H3,(H,24,27)/t17-/m1/s1. The number of nitrogens with zero attached hydrogens (tertiary/aromatic N) is 1. The van der Waals surface area contributed by atoms with Gasteiger partial charge in [0.25, 0.3) is 0 Å². The van der Waals surface area contributed by atoms with E-state index in [9.17, 15) is 9.59 Å². The Bertz CT molecular complexity index is 787. The molecule has 0 radical (unpaired) electrons. The van der Waals surface area contributed by atoms with Gasteiger partial charge in [-0.3, -0.25) is 9.59 Å². The predicted octanol–water partition coefficient (Wildman–Crippen LogP) is 3.35. The Labute approximate surface area is 167 Å². The minimum absolute atomic E-state index is 0.0431. The normalized spacial score (nSPS) is 11.6. The molecule has 0 fully saturated rings. The Hall–Kier alpha value is -2.82. The molecule has 0 heterocycles. The largest absolute Gasteiger partial charge is 0.497 e. The maximum Gasteiger partial charge on any atom is 0.242 e. The Morgan fingerprint density at radius 2 is 1.75 bits per heavy atom. The van der Waals surface area contributed by atoms with E-state index in [-0.39, 0.29) is 11.8 Å². The number of aryl methyl sites for hydroxylation is 2. The minimum atomic E-state index is -0.550. The van der Waals surface area contributed by atoms with Crippen LogP contribution < -0.4 is 10.1 Å². The van der Waals surface area contributed by atoms with Crippen LogP contribution in [0.5, 0.6) is 5.75 Å². The molecule has 0 aliphatic rings. The van der Waals surface area contributed by atoms with Gasteiger partial charge in [-0.25, -0.2) is 0 Å². The molecule has 0 saturated heterocycles. The lowest BCUT2D eigenvalue weighted by Crippen LogP contribution is -2.46. The monoisotopic (exact) mass is 382 g/mol. The summed E-state index contributed by atoms with van der Waals surface area (Å²) in [6.45, 7) is 4.24. The van der Waals surface area contributed by atoms with Gasteiger partial charge < -0.3 is 15.0 Å². The quantitative estimate of drug-likeness (QED) is 0.724. The van der Waals surface area contributed by atoms with Crippen LogP contribution in [0.15, 0.2) is 48.5 Å². The lowest BCUT2D eigenvalue weighted by Gasteiger charge is -2.28. The SMILES string of the molecule is CCc1ccc(CCC(=O)N(Cc2cccc(OC)c2)[C@H](C)C(=O)NC)cc1. The van der Waals surface area contributed by atoms with E-state index in [0.717, 1.165) is 23.3 Å². The van der Waals surface area contributed by atoms with Crippen molar-refractivity contribution in [3.05, 3.63) is 65.2 Å². The Kier molecular flexibility index (Phi) is 8.05. The van der Waals surface area contributed by atoms with Crippen LogP contribution in [0.1, 0.15) is 37.0 Å². The van der Waals surface area contributed by atoms with Crippen molar-refractivity contribution in [3.63, 3.8) is 0 Å². The summed E-state index contributed by atoms with van der Waals surface area (Å²) in [5.41, 5.74) is 3.33. The molecular weight excluding hydrogens is 352 g/mol. The first-order chi connectivity index (χ1) is 13.5. The van der Waals surface area contributed by atoms with Crippen LogP contribution in [0.4, 0.5) is 0 Å². The van der Waals surface area contributed by atoms with Crippen LogP contribution in [0.3, 0.4) is 0 Å². The van der Waals surface area contributed by atoms with Crippen molar-refractivity contribution < 1.29 is 14.3 Å². The highest BCUT2D eigenvalue weighted by Crippen LogP contribution is 2.17. The van der Waals surface area contributed by atoms with E-state index in [0.29, 0.717) is 19.4 Å². The molecule has 0 aromatic heterocycles. The summed E-state index contributed by atoms with van der Waals surface area (Å²) in [7, 11) is 3.20. The van der Waals surface area contributed by atoms with Gasteiger partial charge >= 0.3 is 0 Å². The van der Waals surface area contributed by atoms with Crippen LogP contribution >= 0.6 is 0 Å². The second kappa shape index (κ2) is 10.5. The van der Waals surface area contributed by atoms with Gasteiger partial charge in [-0.15, -0.1) is 0 Å². The number of likely N-dealkylation sites (N-methyl/N-ethyl adjacent to an activating group) is 1. The number of ether oxygens (including phenoxy) is 1. The molecule has 0 bridgehead atoms. The average molecular weight is 383 g/mol. The van der Waals surface area contributed by atoms with E-state index in [1.165, 1.54) is 5.56 Å². The first kappa shape index (κ1) is 21.5. The van der Waals surface area contributed by atoms with Crippen LogP contribution in [0.2, 0.25) is 0 Å². The summed E-state index contributed by atoms with van der Waals surface area (Å²) in [5.74, 6) is 0.510. The van der Waals surface area contributed by atoms with Gasteiger partial charge in [0.1, 0.15) is 11.8 Å². The highest BCUT2D eigenvalue weighted by Gasteiger charge is 2.25. The maximum absolute atomic E-state index is 13.0. The van der Waals surface area contributed by atoms with Gasteiger partial charge in [0, 0.05) is 20.0 Å². The average Bonchev–Trinajstić information content (AvgIpc) is 2.75. The molecule has 2 aromatic rings. The Morgan fingerprint density at radius 1 is 1.07 bits per heavy atom. The number of carbonyl (C=O) groups is 2. The first-order valence-electron chi connectivity index (χ1n) is 9.70. The molecule has 2 aromatic carbocycles. The molecule has 2 amide bonds. The number of carbonyl (C=O) groups excluding carboxylic acids is 2. The molecule has 5 nitrogen and oxygen atoms in total. The van der Waals surface area contributed by atoms with Crippen molar-refractivity contribution in [2.75, 3.05) is 14.2 Å². The zero-order valence-corrected chi connectivity index (χ0v) is 17.2. The van der Waals surface area contributed by atoms with Gasteiger partial charge in [-0.05, 0) is 48.6 Å². The molecule has 150 valence electrons. The summed E-state index contributed by atoms with van der Waals surface area (Å²) >= 11 is 0. The van der Waals surface area contributed by atoms with Crippen molar-refractivity contribution in [3.8, 4) is 5.75 Å². The molecule has 28 heavy (non-hydrogen) atoms. The van der Waals surface area contributed by atoms with Crippen molar-refractivity contribution in [1.29, 1.82) is 0 Å². The Balaban J connectivity index is 2.12. The number of hydrogen-bond donors (Lipinski definition) is 1. The van der Waals surface area contributed by atoms with Gasteiger partial charge in [0.15, 0.2) is 0 Å². The van der Waals surface area contributed by atoms with Gasteiger partial charge in [0.2, 0.25) is 11.8 Å². The van der Waals surface area contributed by atoms with E-state index in [1.54, 1.807) is 26.0 Å². The third-order valence-electron chi connectivity index (χ3n) is 4.96. The van der Waals surface area contributed by atoms with Gasteiger partial charge in [-0.2, -0.15) is 0 Å². The number of methoxy groups -OCH3 is 1. The van der Waals surface area contributed by atoms with Crippen molar-refractivity contribution in [2.24, 2.45) is 0 Å². The third-order valence-corrected chi connectivity index (χ3v) is 4.96. The summed E-state index contributed by atoms with van der Waals surface area (Å²) in [4.78, 5) is 26.8. The molecule has 1 N–H and O–H groups in total. The highest BCUT2D eigenvalue weighted by atomic mass is 16.5. The molecule has 5 heteroatoms. The summed E-state index contributed by atoms with van der Waals surface area (Å²) in [6.07, 6.45) is 2.01.